The fourth-order valence-electron chi connectivity index (χ4n) is 1.74. The molecule has 1 saturated carbocycles. The summed E-state index contributed by atoms with van der Waals surface area (Å²) in [6.45, 7) is 0. The van der Waals surface area contributed by atoms with E-state index in [0.717, 1.165) is 17.5 Å². The van der Waals surface area contributed by atoms with Crippen LogP contribution in [0, 0.1) is 5.82 Å². The second-order valence-electron chi connectivity index (χ2n) is 4.02. The fraction of sp³-hybridized carbons (Fsp3) is 0.364. The van der Waals surface area contributed by atoms with Crippen molar-refractivity contribution in [2.45, 2.75) is 25.0 Å². The summed E-state index contributed by atoms with van der Waals surface area (Å²) >= 11 is 4.69. The molecule has 0 radical (unpaired) electrons. The van der Waals surface area contributed by atoms with E-state index in [1.807, 2.05) is 0 Å². The van der Waals surface area contributed by atoms with Gasteiger partial charge in [-0.1, -0.05) is 0 Å². The molecule has 6 heteroatoms. The van der Waals surface area contributed by atoms with Crippen LogP contribution in [0.5, 0.6) is 5.75 Å². The summed E-state index contributed by atoms with van der Waals surface area (Å²) in [5.74, 6) is -0.244. The van der Waals surface area contributed by atoms with Crippen LogP contribution in [0.3, 0.4) is 0 Å². The fourth-order valence-corrected chi connectivity index (χ4v) is 3.16. The van der Waals surface area contributed by atoms with Gasteiger partial charge in [0.1, 0.15) is 6.10 Å². The van der Waals surface area contributed by atoms with Crippen molar-refractivity contribution in [3.63, 3.8) is 0 Å². The van der Waals surface area contributed by atoms with Crippen LogP contribution in [0.2, 0.25) is 0 Å². The van der Waals surface area contributed by atoms with Crippen LogP contribution >= 0.6 is 27.3 Å². The molecule has 1 heterocycles. The third kappa shape index (κ3) is 2.05. The molecule has 17 heavy (non-hydrogen) atoms. The van der Waals surface area contributed by atoms with Gasteiger partial charge in [0.15, 0.2) is 15.5 Å². The molecule has 0 amide bonds. The molecular weight excluding hydrogens is 309 g/mol. The normalized spacial score (nSPS) is 23.7. The molecule has 1 N–H and O–H groups in total. The maximum Gasteiger partial charge on any atom is 0.167 e. The van der Waals surface area contributed by atoms with Crippen molar-refractivity contribution >= 4 is 37.5 Å². The molecule has 3 rings (SSSR count). The Balaban J connectivity index is 1.95. The van der Waals surface area contributed by atoms with Crippen molar-refractivity contribution in [3.05, 3.63) is 21.9 Å². The highest BCUT2D eigenvalue weighted by Crippen LogP contribution is 2.33. The lowest BCUT2D eigenvalue weighted by Crippen LogP contribution is -2.41. The predicted octanol–water partition coefficient (Wildman–Crippen LogP) is 3.10. The highest BCUT2D eigenvalue weighted by atomic mass is 79.9. The van der Waals surface area contributed by atoms with Gasteiger partial charge in [-0.3, -0.25) is 0 Å². The molecule has 3 nitrogen and oxygen atoms in total. The Morgan fingerprint density at radius 3 is 2.94 bits per heavy atom. The second kappa shape index (κ2) is 4.19. The molecule has 1 aliphatic carbocycles. The zero-order valence-corrected chi connectivity index (χ0v) is 11.1. The maximum absolute atomic E-state index is 13.7. The van der Waals surface area contributed by atoms with E-state index in [4.69, 9.17) is 4.74 Å². The quantitative estimate of drug-likeness (QED) is 0.925. The average molecular weight is 318 g/mol. The van der Waals surface area contributed by atoms with Crippen molar-refractivity contribution in [3.8, 4) is 5.75 Å². The Labute approximate surface area is 109 Å². The Hall–Kier alpha value is -0.720. The minimum absolute atomic E-state index is 0.192. The number of rotatable bonds is 2. The number of thiazole rings is 1. The third-order valence-corrected chi connectivity index (χ3v) is 4.34. The highest BCUT2D eigenvalue weighted by Gasteiger charge is 2.31. The summed E-state index contributed by atoms with van der Waals surface area (Å²) in [5.41, 5.74) is 0.612. The van der Waals surface area contributed by atoms with E-state index < -0.39 is 11.9 Å². The highest BCUT2D eigenvalue weighted by molar-refractivity contribution is 9.11. The molecule has 1 aliphatic rings. The Bertz CT molecular complexity index is 574. The number of halogens is 2. The molecular formula is C11H9BrFNO2S. The lowest BCUT2D eigenvalue weighted by molar-refractivity contribution is -0.0376. The largest absolute Gasteiger partial charge is 0.485 e. The number of hydrogen-bond donors (Lipinski definition) is 1. The van der Waals surface area contributed by atoms with E-state index in [2.05, 4.69) is 20.9 Å². The summed E-state index contributed by atoms with van der Waals surface area (Å²) < 4.78 is 20.7. The van der Waals surface area contributed by atoms with E-state index in [-0.39, 0.29) is 11.9 Å². The van der Waals surface area contributed by atoms with Crippen molar-refractivity contribution in [2.75, 3.05) is 0 Å². The van der Waals surface area contributed by atoms with E-state index in [9.17, 15) is 9.50 Å². The number of aliphatic hydroxyl groups is 1. The molecule has 0 aliphatic heterocycles. The van der Waals surface area contributed by atoms with Gasteiger partial charge in [0.2, 0.25) is 0 Å². The van der Waals surface area contributed by atoms with E-state index in [0.29, 0.717) is 9.43 Å². The Kier molecular flexibility index (Phi) is 2.80. The van der Waals surface area contributed by atoms with Crippen LogP contribution in [-0.2, 0) is 0 Å². The Morgan fingerprint density at radius 2 is 2.29 bits per heavy atom. The predicted molar refractivity (Wildman–Crippen MR) is 66.9 cm³/mol. The van der Waals surface area contributed by atoms with E-state index in [1.165, 1.54) is 17.4 Å². The lowest BCUT2D eigenvalue weighted by atomic mass is 9.92. The molecule has 1 aromatic heterocycles. The molecule has 2 aromatic rings. The molecule has 0 spiro atoms. The van der Waals surface area contributed by atoms with Gasteiger partial charge in [0, 0.05) is 12.1 Å². The van der Waals surface area contributed by atoms with Gasteiger partial charge in [0.05, 0.1) is 16.3 Å². The summed E-state index contributed by atoms with van der Waals surface area (Å²) in [4.78, 5) is 4.13. The van der Waals surface area contributed by atoms with E-state index in [1.54, 1.807) is 6.07 Å². The number of fused-ring (bicyclic) bond motifs is 1. The molecule has 1 aromatic carbocycles. The SMILES string of the molecule is O[C@H]1CC[C@H]1Oc1cc2sc(Br)nc2cc1F. The number of aliphatic hydroxyl groups excluding tert-OH is 1. The van der Waals surface area contributed by atoms with E-state index >= 15 is 0 Å². The summed E-state index contributed by atoms with van der Waals surface area (Å²) in [6, 6.07) is 3.00. The lowest BCUT2D eigenvalue weighted by Gasteiger charge is -2.32. The number of aromatic nitrogens is 1. The minimum Gasteiger partial charge on any atom is -0.485 e. The summed E-state index contributed by atoms with van der Waals surface area (Å²) in [6.07, 6.45) is 0.739. The van der Waals surface area contributed by atoms with Crippen LogP contribution in [-0.4, -0.2) is 22.3 Å². The van der Waals surface area contributed by atoms with Gasteiger partial charge in [-0.25, -0.2) is 9.37 Å². The van der Waals surface area contributed by atoms with Crippen LogP contribution in [0.4, 0.5) is 4.39 Å². The molecule has 0 saturated heterocycles. The average Bonchev–Trinajstić information content (AvgIpc) is 2.63. The van der Waals surface area contributed by atoms with Crippen LogP contribution in [0.15, 0.2) is 16.0 Å². The van der Waals surface area contributed by atoms with Gasteiger partial charge in [-0.2, -0.15) is 0 Å². The van der Waals surface area contributed by atoms with Gasteiger partial charge in [-0.05, 0) is 28.8 Å². The van der Waals surface area contributed by atoms with Crippen molar-refractivity contribution in [1.29, 1.82) is 0 Å². The zero-order chi connectivity index (χ0) is 12.0. The van der Waals surface area contributed by atoms with Gasteiger partial charge < -0.3 is 9.84 Å². The number of ether oxygens (including phenoxy) is 1. The van der Waals surface area contributed by atoms with Gasteiger partial charge >= 0.3 is 0 Å². The topological polar surface area (TPSA) is 42.4 Å². The van der Waals surface area contributed by atoms with Gasteiger partial charge in [0.25, 0.3) is 0 Å². The standard InChI is InChI=1S/C11H9BrFNO2S/c12-11-14-6-3-5(13)9(4-10(6)17-11)16-8-2-1-7(8)15/h3-4,7-8,15H,1-2H2/t7-,8+/m0/s1. The molecule has 1 fully saturated rings. The van der Waals surface area contributed by atoms with Crippen molar-refractivity contribution in [2.24, 2.45) is 0 Å². The molecule has 90 valence electrons. The zero-order valence-electron chi connectivity index (χ0n) is 8.69. The molecule has 0 unspecified atom stereocenters. The third-order valence-electron chi connectivity index (χ3n) is 2.87. The summed E-state index contributed by atoms with van der Waals surface area (Å²) in [7, 11) is 0. The van der Waals surface area contributed by atoms with Gasteiger partial charge in [-0.15, -0.1) is 11.3 Å². The first-order chi connectivity index (χ1) is 8.13. The number of nitrogens with zero attached hydrogens (tertiary/aromatic N) is 1. The Morgan fingerprint density at radius 1 is 1.47 bits per heavy atom. The smallest absolute Gasteiger partial charge is 0.167 e. The first kappa shape index (κ1) is 11.4. The van der Waals surface area contributed by atoms with Crippen LogP contribution in [0.25, 0.3) is 10.2 Å². The van der Waals surface area contributed by atoms with Crippen LogP contribution in [0.1, 0.15) is 12.8 Å². The minimum atomic E-state index is -0.474. The maximum atomic E-state index is 13.7. The summed E-state index contributed by atoms with van der Waals surface area (Å²) in [5, 5.41) is 9.41. The number of hydrogen-bond acceptors (Lipinski definition) is 4. The second-order valence-corrected chi connectivity index (χ2v) is 6.32. The number of benzene rings is 1. The van der Waals surface area contributed by atoms with Crippen molar-refractivity contribution in [1.82, 2.24) is 4.98 Å². The molecule has 2 atom stereocenters. The first-order valence-electron chi connectivity index (χ1n) is 5.24. The van der Waals surface area contributed by atoms with Crippen molar-refractivity contribution < 1.29 is 14.2 Å². The first-order valence-corrected chi connectivity index (χ1v) is 6.85. The molecule has 0 bridgehead atoms. The monoisotopic (exact) mass is 317 g/mol. The van der Waals surface area contributed by atoms with Crippen LogP contribution < -0.4 is 4.74 Å².